The van der Waals surface area contributed by atoms with E-state index in [0.29, 0.717) is 19.0 Å². The maximum Gasteiger partial charge on any atom is 0.0635 e. The first kappa shape index (κ1) is 12.0. The minimum Gasteiger partial charge on any atom is -0.329 e. The fourth-order valence-electron chi connectivity index (χ4n) is 2.21. The number of hydrogen-bond donors (Lipinski definition) is 1. The van der Waals surface area contributed by atoms with E-state index in [1.807, 2.05) is 12.3 Å². The van der Waals surface area contributed by atoms with Crippen LogP contribution in [0.25, 0.3) is 0 Å². The van der Waals surface area contributed by atoms with Crippen molar-refractivity contribution >= 4 is 0 Å². The van der Waals surface area contributed by atoms with Crippen LogP contribution in [0.5, 0.6) is 0 Å². The second-order valence-electron chi connectivity index (χ2n) is 4.41. The van der Waals surface area contributed by atoms with Crippen LogP contribution in [0.2, 0.25) is 0 Å². The van der Waals surface area contributed by atoms with E-state index >= 15 is 0 Å². The molecule has 0 aromatic carbocycles. The molecule has 2 rings (SSSR count). The molecular formula is C13H18N4. The molecule has 1 heterocycles. The number of nitrogens with two attached hydrogens (primary N) is 1. The van der Waals surface area contributed by atoms with Gasteiger partial charge in [0.2, 0.25) is 0 Å². The zero-order chi connectivity index (χ0) is 12.1. The van der Waals surface area contributed by atoms with Crippen LogP contribution in [0.3, 0.4) is 0 Å². The Kier molecular flexibility index (Phi) is 4.08. The van der Waals surface area contributed by atoms with Gasteiger partial charge in [-0.1, -0.05) is 6.07 Å². The van der Waals surface area contributed by atoms with Crippen LogP contribution in [-0.4, -0.2) is 29.0 Å². The highest BCUT2D eigenvalue weighted by atomic mass is 15.2. The summed E-state index contributed by atoms with van der Waals surface area (Å²) in [6.45, 7) is 1.38. The SMILES string of the molecule is N#CCCN(C1CC1)C(CN)c1cccnc1. The lowest BCUT2D eigenvalue weighted by Gasteiger charge is -2.30. The number of nitrogens with zero attached hydrogens (tertiary/aromatic N) is 3. The summed E-state index contributed by atoms with van der Waals surface area (Å²) in [5.41, 5.74) is 7.04. The average molecular weight is 230 g/mol. The summed E-state index contributed by atoms with van der Waals surface area (Å²) in [4.78, 5) is 6.51. The van der Waals surface area contributed by atoms with Gasteiger partial charge in [-0.15, -0.1) is 0 Å². The second-order valence-corrected chi connectivity index (χ2v) is 4.41. The Labute approximate surface area is 102 Å². The van der Waals surface area contributed by atoms with Gasteiger partial charge in [-0.2, -0.15) is 5.26 Å². The number of nitriles is 1. The van der Waals surface area contributed by atoms with Gasteiger partial charge in [0.1, 0.15) is 0 Å². The highest BCUT2D eigenvalue weighted by molar-refractivity contribution is 5.15. The molecule has 4 nitrogen and oxygen atoms in total. The maximum absolute atomic E-state index is 8.72. The molecule has 90 valence electrons. The zero-order valence-electron chi connectivity index (χ0n) is 9.92. The summed E-state index contributed by atoms with van der Waals surface area (Å²) < 4.78 is 0. The number of pyridine rings is 1. The van der Waals surface area contributed by atoms with Crippen LogP contribution < -0.4 is 5.73 Å². The Morgan fingerprint density at radius 1 is 1.59 bits per heavy atom. The van der Waals surface area contributed by atoms with E-state index in [1.165, 1.54) is 12.8 Å². The minimum atomic E-state index is 0.199. The van der Waals surface area contributed by atoms with Gasteiger partial charge in [-0.05, 0) is 24.5 Å². The molecule has 1 unspecified atom stereocenters. The van der Waals surface area contributed by atoms with Crippen molar-refractivity contribution in [3.05, 3.63) is 30.1 Å². The van der Waals surface area contributed by atoms with Gasteiger partial charge < -0.3 is 5.73 Å². The van der Waals surface area contributed by atoms with E-state index < -0.39 is 0 Å². The second kappa shape index (κ2) is 5.76. The van der Waals surface area contributed by atoms with Crippen molar-refractivity contribution in [2.45, 2.75) is 31.3 Å². The van der Waals surface area contributed by atoms with Gasteiger partial charge in [0, 0.05) is 44.0 Å². The molecule has 17 heavy (non-hydrogen) atoms. The standard InChI is InChI=1S/C13H18N4/c14-6-2-8-17(12-4-5-12)13(9-15)11-3-1-7-16-10-11/h1,3,7,10,12-13H,2,4-5,8-9,15H2. The lowest BCUT2D eigenvalue weighted by Crippen LogP contribution is -2.36. The van der Waals surface area contributed by atoms with Crippen molar-refractivity contribution in [1.29, 1.82) is 5.26 Å². The Hall–Kier alpha value is -1.44. The molecule has 2 N–H and O–H groups in total. The van der Waals surface area contributed by atoms with E-state index in [1.54, 1.807) is 6.20 Å². The third-order valence-corrected chi connectivity index (χ3v) is 3.19. The molecular weight excluding hydrogens is 212 g/mol. The molecule has 1 aliphatic rings. The zero-order valence-corrected chi connectivity index (χ0v) is 9.92. The van der Waals surface area contributed by atoms with Gasteiger partial charge in [-0.25, -0.2) is 0 Å². The molecule has 0 radical (unpaired) electrons. The summed E-state index contributed by atoms with van der Waals surface area (Å²) in [6, 6.07) is 7.02. The Balaban J connectivity index is 2.11. The topological polar surface area (TPSA) is 65.9 Å². The smallest absolute Gasteiger partial charge is 0.0635 e. The predicted octanol–water partition coefficient (Wildman–Crippen LogP) is 1.46. The third-order valence-electron chi connectivity index (χ3n) is 3.19. The first-order valence-electron chi connectivity index (χ1n) is 6.09. The van der Waals surface area contributed by atoms with Gasteiger partial charge in [-0.3, -0.25) is 9.88 Å². The van der Waals surface area contributed by atoms with Crippen molar-refractivity contribution in [2.24, 2.45) is 5.73 Å². The maximum atomic E-state index is 8.72. The highest BCUT2D eigenvalue weighted by Gasteiger charge is 2.33. The molecule has 1 fully saturated rings. The van der Waals surface area contributed by atoms with E-state index in [-0.39, 0.29) is 6.04 Å². The van der Waals surface area contributed by atoms with E-state index in [0.717, 1.165) is 12.1 Å². The van der Waals surface area contributed by atoms with Gasteiger partial charge in [0.15, 0.2) is 0 Å². The van der Waals surface area contributed by atoms with Crippen LogP contribution in [0.4, 0.5) is 0 Å². The molecule has 1 aliphatic carbocycles. The minimum absolute atomic E-state index is 0.199. The Bertz CT molecular complexity index is 380. The lowest BCUT2D eigenvalue weighted by molar-refractivity contribution is 0.195. The lowest BCUT2D eigenvalue weighted by atomic mass is 10.1. The van der Waals surface area contributed by atoms with Crippen LogP contribution in [0.1, 0.15) is 30.9 Å². The number of aromatic nitrogens is 1. The van der Waals surface area contributed by atoms with Gasteiger partial charge in [0.25, 0.3) is 0 Å². The van der Waals surface area contributed by atoms with Crippen molar-refractivity contribution in [2.75, 3.05) is 13.1 Å². The van der Waals surface area contributed by atoms with Gasteiger partial charge >= 0.3 is 0 Å². The molecule has 1 aromatic heterocycles. The molecule has 1 atom stereocenters. The van der Waals surface area contributed by atoms with Crippen LogP contribution in [-0.2, 0) is 0 Å². The molecule has 0 saturated heterocycles. The van der Waals surface area contributed by atoms with E-state index in [4.69, 9.17) is 11.0 Å². The van der Waals surface area contributed by atoms with Crippen molar-refractivity contribution in [3.63, 3.8) is 0 Å². The largest absolute Gasteiger partial charge is 0.329 e. The Morgan fingerprint density at radius 2 is 2.41 bits per heavy atom. The summed E-state index contributed by atoms with van der Waals surface area (Å²) in [6.07, 6.45) is 6.66. The van der Waals surface area contributed by atoms with E-state index in [9.17, 15) is 0 Å². The number of rotatable bonds is 6. The van der Waals surface area contributed by atoms with Crippen molar-refractivity contribution < 1.29 is 0 Å². The average Bonchev–Trinajstić information content (AvgIpc) is 3.20. The first-order valence-corrected chi connectivity index (χ1v) is 6.09. The molecule has 0 bridgehead atoms. The molecule has 1 saturated carbocycles. The van der Waals surface area contributed by atoms with Crippen LogP contribution in [0.15, 0.2) is 24.5 Å². The van der Waals surface area contributed by atoms with E-state index in [2.05, 4.69) is 22.0 Å². The molecule has 1 aromatic rings. The summed E-state index contributed by atoms with van der Waals surface area (Å²) in [5.74, 6) is 0. The quantitative estimate of drug-likeness (QED) is 0.803. The first-order chi connectivity index (χ1) is 8.36. The third kappa shape index (κ3) is 3.02. The summed E-state index contributed by atoms with van der Waals surface area (Å²) in [7, 11) is 0. The monoisotopic (exact) mass is 230 g/mol. The molecule has 4 heteroatoms. The van der Waals surface area contributed by atoms with Crippen LogP contribution >= 0.6 is 0 Å². The van der Waals surface area contributed by atoms with Crippen molar-refractivity contribution in [1.82, 2.24) is 9.88 Å². The number of hydrogen-bond acceptors (Lipinski definition) is 4. The Morgan fingerprint density at radius 3 is 2.94 bits per heavy atom. The van der Waals surface area contributed by atoms with Crippen molar-refractivity contribution in [3.8, 4) is 6.07 Å². The highest BCUT2D eigenvalue weighted by Crippen LogP contribution is 2.33. The molecule has 0 spiro atoms. The fraction of sp³-hybridized carbons (Fsp3) is 0.538. The van der Waals surface area contributed by atoms with Gasteiger partial charge in [0.05, 0.1) is 6.07 Å². The summed E-state index contributed by atoms with van der Waals surface area (Å²) in [5, 5.41) is 8.72. The molecule has 0 amide bonds. The normalized spacial score (nSPS) is 16.8. The molecule has 0 aliphatic heterocycles. The fourth-order valence-corrected chi connectivity index (χ4v) is 2.21. The summed E-state index contributed by atoms with van der Waals surface area (Å²) >= 11 is 0. The van der Waals surface area contributed by atoms with Crippen LogP contribution in [0, 0.1) is 11.3 Å². The predicted molar refractivity (Wildman–Crippen MR) is 66.0 cm³/mol.